The fourth-order valence-electron chi connectivity index (χ4n) is 2.65. The van der Waals surface area contributed by atoms with Crippen LogP contribution in [0.1, 0.15) is 25.3 Å². The van der Waals surface area contributed by atoms with Gasteiger partial charge in [0.2, 0.25) is 11.8 Å². The smallest absolute Gasteiger partial charge is 0.235 e. The molecule has 0 saturated carbocycles. The van der Waals surface area contributed by atoms with E-state index in [0.717, 1.165) is 18.4 Å². The summed E-state index contributed by atoms with van der Waals surface area (Å²) in [7, 11) is -1.20. The molecule has 2 amide bonds. The third-order valence-corrected chi connectivity index (χ3v) is 4.86. The van der Waals surface area contributed by atoms with Crippen LogP contribution in [0.25, 0.3) is 0 Å². The Bertz CT molecular complexity index is 548. The maximum atomic E-state index is 12.3. The van der Waals surface area contributed by atoms with Crippen molar-refractivity contribution in [2.24, 2.45) is 0 Å². The van der Waals surface area contributed by atoms with Gasteiger partial charge in [-0.05, 0) is 18.4 Å². The Morgan fingerprint density at radius 1 is 1.32 bits per heavy atom. The van der Waals surface area contributed by atoms with Gasteiger partial charge in [0.25, 0.3) is 0 Å². The molecule has 0 radical (unpaired) electrons. The highest BCUT2D eigenvalue weighted by atomic mass is 32.2. The van der Waals surface area contributed by atoms with E-state index < -0.39 is 10.8 Å². The highest BCUT2D eigenvalue weighted by Crippen LogP contribution is 2.11. The van der Waals surface area contributed by atoms with Gasteiger partial charge in [0.1, 0.15) is 5.75 Å². The number of benzene rings is 1. The first-order valence-corrected chi connectivity index (χ1v) is 8.97. The number of likely N-dealkylation sites (tertiary alicyclic amines) is 1. The van der Waals surface area contributed by atoms with Crippen molar-refractivity contribution >= 4 is 22.6 Å². The second kappa shape index (κ2) is 8.08. The minimum absolute atomic E-state index is 0.0118. The minimum atomic E-state index is -1.20. The van der Waals surface area contributed by atoms with Crippen LogP contribution in [-0.2, 0) is 26.1 Å². The van der Waals surface area contributed by atoms with E-state index in [1.54, 1.807) is 4.90 Å². The Balaban J connectivity index is 1.83. The van der Waals surface area contributed by atoms with Crippen molar-refractivity contribution < 1.29 is 13.8 Å². The summed E-state index contributed by atoms with van der Waals surface area (Å²) in [5.74, 6) is 0.272. The minimum Gasteiger partial charge on any atom is -0.352 e. The number of amides is 2. The molecule has 5 nitrogen and oxygen atoms in total. The first kappa shape index (κ1) is 16.7. The molecule has 0 unspecified atom stereocenters. The van der Waals surface area contributed by atoms with Crippen molar-refractivity contribution in [3.8, 4) is 0 Å². The average molecular weight is 322 g/mol. The molecule has 1 saturated heterocycles. The van der Waals surface area contributed by atoms with Crippen LogP contribution in [0.2, 0.25) is 0 Å². The van der Waals surface area contributed by atoms with Crippen LogP contribution in [0.5, 0.6) is 0 Å². The molecule has 1 aliphatic heterocycles. The monoisotopic (exact) mass is 322 g/mol. The van der Waals surface area contributed by atoms with Crippen LogP contribution in [0.3, 0.4) is 0 Å². The zero-order valence-corrected chi connectivity index (χ0v) is 13.6. The van der Waals surface area contributed by atoms with E-state index in [2.05, 4.69) is 5.32 Å². The SMILES string of the molecule is CC(=O)N[C@@H]1CCCN(C(=O)C[S@@](=O)Cc2ccccc2)C1. The molecule has 1 heterocycles. The summed E-state index contributed by atoms with van der Waals surface area (Å²) in [5, 5.41) is 2.85. The molecule has 0 aromatic heterocycles. The van der Waals surface area contributed by atoms with E-state index in [1.165, 1.54) is 6.92 Å². The van der Waals surface area contributed by atoms with Gasteiger partial charge >= 0.3 is 0 Å². The molecule has 1 aromatic rings. The van der Waals surface area contributed by atoms with Gasteiger partial charge in [-0.25, -0.2) is 0 Å². The maximum absolute atomic E-state index is 12.3. The van der Waals surface area contributed by atoms with E-state index in [-0.39, 0.29) is 23.6 Å². The Morgan fingerprint density at radius 2 is 2.05 bits per heavy atom. The predicted octanol–water partition coefficient (Wildman–Crippen LogP) is 1.06. The summed E-state index contributed by atoms with van der Waals surface area (Å²) >= 11 is 0. The highest BCUT2D eigenvalue weighted by Gasteiger charge is 2.24. The Hall–Kier alpha value is -1.69. The number of nitrogens with zero attached hydrogens (tertiary/aromatic N) is 1. The first-order valence-electron chi connectivity index (χ1n) is 7.48. The number of carbonyl (C=O) groups excluding carboxylic acids is 2. The van der Waals surface area contributed by atoms with Crippen molar-refractivity contribution in [2.45, 2.75) is 31.6 Å². The van der Waals surface area contributed by atoms with Gasteiger partial charge < -0.3 is 10.2 Å². The molecule has 1 aliphatic rings. The molecule has 1 fully saturated rings. The van der Waals surface area contributed by atoms with E-state index in [0.29, 0.717) is 18.8 Å². The van der Waals surface area contributed by atoms with Crippen molar-refractivity contribution in [1.82, 2.24) is 10.2 Å². The molecular weight excluding hydrogens is 300 g/mol. The Labute approximate surface area is 133 Å². The number of hydrogen-bond donors (Lipinski definition) is 1. The van der Waals surface area contributed by atoms with E-state index in [1.807, 2.05) is 30.3 Å². The normalized spacial score (nSPS) is 19.5. The summed E-state index contributed by atoms with van der Waals surface area (Å²) < 4.78 is 12.1. The van der Waals surface area contributed by atoms with E-state index >= 15 is 0 Å². The van der Waals surface area contributed by atoms with Crippen LogP contribution in [0.4, 0.5) is 0 Å². The molecular formula is C16H22N2O3S. The standard InChI is InChI=1S/C16H22N2O3S/c1-13(19)17-15-8-5-9-18(10-15)16(20)12-22(21)11-14-6-3-2-4-7-14/h2-4,6-7,15H,5,8-12H2,1H3,(H,17,19)/t15-,22+/m1/s1. The van der Waals surface area contributed by atoms with Crippen LogP contribution in [0.15, 0.2) is 30.3 Å². The van der Waals surface area contributed by atoms with Gasteiger partial charge in [-0.15, -0.1) is 0 Å². The lowest BCUT2D eigenvalue weighted by atomic mass is 10.1. The second-order valence-corrected chi connectivity index (χ2v) is 7.05. The predicted molar refractivity (Wildman–Crippen MR) is 86.6 cm³/mol. The lowest BCUT2D eigenvalue weighted by Crippen LogP contribution is -2.50. The molecule has 120 valence electrons. The second-order valence-electron chi connectivity index (χ2n) is 5.59. The molecule has 6 heteroatoms. The molecule has 2 atom stereocenters. The fourth-order valence-corrected chi connectivity index (χ4v) is 3.77. The summed E-state index contributed by atoms with van der Waals surface area (Å²) in [6, 6.07) is 9.55. The van der Waals surface area contributed by atoms with Gasteiger partial charge in [0, 0.05) is 42.6 Å². The van der Waals surface area contributed by atoms with Crippen molar-refractivity contribution in [3.63, 3.8) is 0 Å². The Morgan fingerprint density at radius 3 is 2.73 bits per heavy atom. The maximum Gasteiger partial charge on any atom is 0.235 e. The van der Waals surface area contributed by atoms with Gasteiger partial charge in [-0.3, -0.25) is 13.8 Å². The molecule has 22 heavy (non-hydrogen) atoms. The van der Waals surface area contributed by atoms with Gasteiger partial charge in [-0.2, -0.15) is 0 Å². The summed E-state index contributed by atoms with van der Waals surface area (Å²) in [6.45, 7) is 2.67. The third kappa shape index (κ3) is 5.26. The molecule has 0 spiro atoms. The first-order chi connectivity index (χ1) is 10.5. The molecule has 1 N–H and O–H groups in total. The summed E-state index contributed by atoms with van der Waals surface area (Å²) in [4.78, 5) is 25.1. The fraction of sp³-hybridized carbons (Fsp3) is 0.500. The van der Waals surface area contributed by atoms with Gasteiger partial charge in [0.05, 0.1) is 0 Å². The van der Waals surface area contributed by atoms with Crippen molar-refractivity contribution in [1.29, 1.82) is 0 Å². The van der Waals surface area contributed by atoms with Crippen LogP contribution >= 0.6 is 0 Å². The summed E-state index contributed by atoms with van der Waals surface area (Å²) in [6.07, 6.45) is 1.75. The van der Waals surface area contributed by atoms with Crippen molar-refractivity contribution in [3.05, 3.63) is 35.9 Å². The molecule has 0 bridgehead atoms. The third-order valence-electron chi connectivity index (χ3n) is 3.64. The van der Waals surface area contributed by atoms with Gasteiger partial charge in [-0.1, -0.05) is 30.3 Å². The van der Waals surface area contributed by atoms with E-state index in [9.17, 15) is 13.8 Å². The largest absolute Gasteiger partial charge is 0.352 e. The molecule has 1 aromatic carbocycles. The topological polar surface area (TPSA) is 66.5 Å². The van der Waals surface area contributed by atoms with Crippen LogP contribution in [-0.4, -0.2) is 45.8 Å². The number of piperidine rings is 1. The van der Waals surface area contributed by atoms with Crippen LogP contribution < -0.4 is 5.32 Å². The van der Waals surface area contributed by atoms with E-state index in [4.69, 9.17) is 0 Å². The lowest BCUT2D eigenvalue weighted by molar-refractivity contribution is -0.130. The number of hydrogen-bond acceptors (Lipinski definition) is 3. The summed E-state index contributed by atoms with van der Waals surface area (Å²) in [5.41, 5.74) is 0.975. The molecule has 2 rings (SSSR count). The zero-order valence-electron chi connectivity index (χ0n) is 12.8. The Kier molecular flexibility index (Phi) is 6.12. The quantitative estimate of drug-likeness (QED) is 0.881. The highest BCUT2D eigenvalue weighted by molar-refractivity contribution is 7.84. The number of nitrogens with one attached hydrogen (secondary N) is 1. The average Bonchev–Trinajstić information content (AvgIpc) is 2.47. The van der Waals surface area contributed by atoms with Gasteiger partial charge in [0.15, 0.2) is 0 Å². The number of carbonyl (C=O) groups is 2. The van der Waals surface area contributed by atoms with Crippen molar-refractivity contribution in [2.75, 3.05) is 18.8 Å². The number of rotatable bonds is 5. The zero-order chi connectivity index (χ0) is 15.9. The van der Waals surface area contributed by atoms with Crippen LogP contribution in [0, 0.1) is 0 Å². The lowest BCUT2D eigenvalue weighted by Gasteiger charge is -2.33. The molecule has 0 aliphatic carbocycles.